The fourth-order valence-corrected chi connectivity index (χ4v) is 3.28. The molecule has 2 aliphatic carbocycles. The van der Waals surface area contributed by atoms with Gasteiger partial charge in [-0.15, -0.1) is 0 Å². The van der Waals surface area contributed by atoms with Gasteiger partial charge in [0.1, 0.15) is 0 Å². The molecule has 1 aromatic rings. The first-order chi connectivity index (χ1) is 7.64. The lowest BCUT2D eigenvalue weighted by atomic mass is 9.64. The lowest BCUT2D eigenvalue weighted by Gasteiger charge is -2.43. The molecule has 0 aliphatic heterocycles. The summed E-state index contributed by atoms with van der Waals surface area (Å²) in [5.74, 6) is 0.339. The maximum atomic E-state index is 6.56. The van der Waals surface area contributed by atoms with Gasteiger partial charge in [-0.1, -0.05) is 17.7 Å². The van der Waals surface area contributed by atoms with Crippen molar-refractivity contribution >= 4 is 0 Å². The van der Waals surface area contributed by atoms with Crippen molar-refractivity contribution in [1.82, 2.24) is 10.2 Å². The molecule has 0 amide bonds. The molecular weight excluding hydrogens is 198 g/mol. The van der Waals surface area contributed by atoms with Crippen molar-refractivity contribution in [3.8, 4) is 0 Å². The second-order valence-electron chi connectivity index (χ2n) is 5.05. The first kappa shape index (κ1) is 9.85. The van der Waals surface area contributed by atoms with E-state index in [1.54, 1.807) is 0 Å². The first-order valence-corrected chi connectivity index (χ1v) is 5.79. The fraction of sp³-hybridized carbons (Fsp3) is 0.462. The number of nitrogens with one attached hydrogen (secondary N) is 1. The van der Waals surface area contributed by atoms with Gasteiger partial charge in [0.2, 0.25) is 0 Å². The molecule has 2 aliphatic rings. The van der Waals surface area contributed by atoms with E-state index in [-0.39, 0.29) is 5.54 Å². The third kappa shape index (κ3) is 1.15. The normalized spacial score (nSPS) is 34.8. The Kier molecular flexibility index (Phi) is 1.89. The van der Waals surface area contributed by atoms with Crippen LogP contribution in [-0.4, -0.2) is 15.7 Å². The Morgan fingerprint density at radius 1 is 1.56 bits per heavy atom. The molecule has 16 heavy (non-hydrogen) atoms. The molecule has 0 saturated carbocycles. The number of aromatic amines is 1. The molecule has 2 bridgehead atoms. The van der Waals surface area contributed by atoms with Crippen molar-refractivity contribution in [2.24, 2.45) is 5.73 Å². The van der Waals surface area contributed by atoms with Crippen molar-refractivity contribution in [3.63, 3.8) is 0 Å². The zero-order chi connectivity index (χ0) is 11.3. The topological polar surface area (TPSA) is 54.7 Å². The predicted octanol–water partition coefficient (Wildman–Crippen LogP) is 2.04. The number of nitrogens with two attached hydrogens (primary N) is 1. The largest absolute Gasteiger partial charge is 0.321 e. The van der Waals surface area contributed by atoms with E-state index in [9.17, 15) is 0 Å². The van der Waals surface area contributed by atoms with Crippen LogP contribution in [0, 0.1) is 0 Å². The first-order valence-electron chi connectivity index (χ1n) is 5.79. The molecular formula is C13H17N3. The Morgan fingerprint density at radius 2 is 2.38 bits per heavy atom. The Morgan fingerprint density at radius 3 is 3.12 bits per heavy atom. The van der Waals surface area contributed by atoms with Gasteiger partial charge in [-0.3, -0.25) is 5.10 Å². The number of rotatable bonds is 0. The SMILES string of the molecule is C/C=C1\[C@@H]2C=C(C)C[C@@]1(N)Cc1[nH]ncc12. The van der Waals surface area contributed by atoms with Gasteiger partial charge in [0, 0.05) is 29.1 Å². The highest BCUT2D eigenvalue weighted by molar-refractivity contribution is 5.50. The average molecular weight is 215 g/mol. The van der Waals surface area contributed by atoms with Crippen LogP contribution in [0.4, 0.5) is 0 Å². The minimum absolute atomic E-state index is 0.197. The number of nitrogens with zero attached hydrogens (tertiary/aromatic N) is 1. The third-order valence-corrected chi connectivity index (χ3v) is 3.85. The van der Waals surface area contributed by atoms with Crippen molar-refractivity contribution in [2.45, 2.75) is 38.1 Å². The van der Waals surface area contributed by atoms with E-state index in [2.05, 4.69) is 36.2 Å². The molecule has 0 saturated heterocycles. The lowest BCUT2D eigenvalue weighted by molar-refractivity contribution is 0.428. The molecule has 3 heteroatoms. The van der Waals surface area contributed by atoms with Crippen LogP contribution < -0.4 is 5.73 Å². The van der Waals surface area contributed by atoms with Crippen LogP contribution in [0.1, 0.15) is 37.4 Å². The minimum atomic E-state index is -0.197. The molecule has 0 unspecified atom stereocenters. The van der Waals surface area contributed by atoms with Gasteiger partial charge in [0.05, 0.1) is 6.20 Å². The van der Waals surface area contributed by atoms with E-state index in [1.165, 1.54) is 22.4 Å². The molecule has 0 spiro atoms. The van der Waals surface area contributed by atoms with E-state index < -0.39 is 0 Å². The molecule has 0 fully saturated rings. The summed E-state index contributed by atoms with van der Waals surface area (Å²) in [5, 5.41) is 7.24. The fourth-order valence-electron chi connectivity index (χ4n) is 3.28. The molecule has 3 rings (SSSR count). The highest BCUT2D eigenvalue weighted by atomic mass is 15.1. The number of hydrogen-bond donors (Lipinski definition) is 2. The summed E-state index contributed by atoms with van der Waals surface area (Å²) in [5.41, 5.74) is 11.6. The van der Waals surface area contributed by atoms with Crippen LogP contribution in [0.2, 0.25) is 0 Å². The zero-order valence-corrected chi connectivity index (χ0v) is 9.75. The molecule has 3 N–H and O–H groups in total. The van der Waals surface area contributed by atoms with Crippen LogP contribution in [-0.2, 0) is 6.42 Å². The number of aromatic nitrogens is 2. The van der Waals surface area contributed by atoms with Crippen molar-refractivity contribution in [3.05, 3.63) is 40.8 Å². The molecule has 1 heterocycles. The summed E-state index contributed by atoms with van der Waals surface area (Å²) in [4.78, 5) is 0. The number of H-pyrrole nitrogens is 1. The highest BCUT2D eigenvalue weighted by Crippen LogP contribution is 2.47. The predicted molar refractivity (Wildman–Crippen MR) is 64.1 cm³/mol. The Labute approximate surface area is 95.4 Å². The third-order valence-electron chi connectivity index (χ3n) is 3.85. The monoisotopic (exact) mass is 215 g/mol. The Balaban J connectivity index is 2.24. The van der Waals surface area contributed by atoms with Gasteiger partial charge in [-0.05, 0) is 25.8 Å². The van der Waals surface area contributed by atoms with Gasteiger partial charge in [-0.2, -0.15) is 5.10 Å². The minimum Gasteiger partial charge on any atom is -0.321 e. The maximum Gasteiger partial charge on any atom is 0.0531 e. The van der Waals surface area contributed by atoms with Crippen LogP contribution in [0.25, 0.3) is 0 Å². The maximum absolute atomic E-state index is 6.56. The van der Waals surface area contributed by atoms with Crippen molar-refractivity contribution in [1.29, 1.82) is 0 Å². The van der Waals surface area contributed by atoms with E-state index in [0.717, 1.165) is 12.8 Å². The second kappa shape index (κ2) is 3.08. The summed E-state index contributed by atoms with van der Waals surface area (Å²) in [7, 11) is 0. The van der Waals surface area contributed by atoms with Gasteiger partial charge in [0.15, 0.2) is 0 Å². The summed E-state index contributed by atoms with van der Waals surface area (Å²) in [6, 6.07) is 0. The summed E-state index contributed by atoms with van der Waals surface area (Å²) < 4.78 is 0. The molecule has 2 atom stereocenters. The number of allylic oxidation sites excluding steroid dienone is 2. The average Bonchev–Trinajstić information content (AvgIpc) is 2.63. The molecule has 0 radical (unpaired) electrons. The molecule has 0 aromatic carbocycles. The smallest absolute Gasteiger partial charge is 0.0531 e. The summed E-state index contributed by atoms with van der Waals surface area (Å²) >= 11 is 0. The van der Waals surface area contributed by atoms with E-state index in [4.69, 9.17) is 5.73 Å². The standard InChI is InChI=1S/C13H17N3/c1-3-11-9-4-8(2)5-13(11,14)6-12-10(9)7-15-16-12/h3-4,7,9H,5-6,14H2,1-2H3,(H,15,16)/b11-3+/t9-,13-/m1/s1. The van der Waals surface area contributed by atoms with Crippen LogP contribution in [0.3, 0.4) is 0 Å². The number of fused-ring (bicyclic) bond motifs is 4. The summed E-state index contributed by atoms with van der Waals surface area (Å²) in [6.45, 7) is 4.26. The van der Waals surface area contributed by atoms with E-state index in [1.807, 2.05) is 6.20 Å². The van der Waals surface area contributed by atoms with Gasteiger partial charge < -0.3 is 5.73 Å². The van der Waals surface area contributed by atoms with Crippen molar-refractivity contribution in [2.75, 3.05) is 0 Å². The van der Waals surface area contributed by atoms with Gasteiger partial charge in [0.25, 0.3) is 0 Å². The van der Waals surface area contributed by atoms with Crippen LogP contribution in [0.5, 0.6) is 0 Å². The molecule has 84 valence electrons. The number of hydrogen-bond acceptors (Lipinski definition) is 2. The van der Waals surface area contributed by atoms with Gasteiger partial charge in [-0.25, -0.2) is 0 Å². The van der Waals surface area contributed by atoms with Crippen LogP contribution >= 0.6 is 0 Å². The van der Waals surface area contributed by atoms with E-state index >= 15 is 0 Å². The Hall–Kier alpha value is -1.35. The second-order valence-corrected chi connectivity index (χ2v) is 5.05. The lowest BCUT2D eigenvalue weighted by Crippen LogP contribution is -2.50. The Bertz CT molecular complexity index is 495. The van der Waals surface area contributed by atoms with E-state index in [0.29, 0.717) is 5.92 Å². The quantitative estimate of drug-likeness (QED) is 0.651. The van der Waals surface area contributed by atoms with Crippen LogP contribution in [0.15, 0.2) is 29.5 Å². The van der Waals surface area contributed by atoms with Crippen molar-refractivity contribution < 1.29 is 0 Å². The molecule has 1 aromatic heterocycles. The molecule has 3 nitrogen and oxygen atoms in total. The highest BCUT2D eigenvalue weighted by Gasteiger charge is 2.43. The summed E-state index contributed by atoms with van der Waals surface area (Å²) in [6.07, 6.45) is 8.29. The van der Waals surface area contributed by atoms with Gasteiger partial charge >= 0.3 is 0 Å². The zero-order valence-electron chi connectivity index (χ0n) is 9.75.